The Labute approximate surface area is 142 Å². The minimum absolute atomic E-state index is 0.0796. The second-order valence-corrected chi connectivity index (χ2v) is 6.53. The summed E-state index contributed by atoms with van der Waals surface area (Å²) in [6, 6.07) is 5.57. The van der Waals surface area contributed by atoms with Crippen LogP contribution < -0.4 is 5.32 Å². The summed E-state index contributed by atoms with van der Waals surface area (Å²) >= 11 is 0. The number of amides is 1. The molecule has 1 aliphatic carbocycles. The molecule has 0 atom stereocenters. The van der Waals surface area contributed by atoms with Crippen LogP contribution in [-0.4, -0.2) is 22.0 Å². The molecule has 2 aromatic rings. The van der Waals surface area contributed by atoms with Gasteiger partial charge >= 0.3 is 0 Å². The van der Waals surface area contributed by atoms with Crippen LogP contribution in [0.2, 0.25) is 0 Å². The number of hydrogen-bond donors (Lipinski definition) is 2. The first-order valence-electron chi connectivity index (χ1n) is 8.62. The number of hydrogen-bond acceptors (Lipinski definition) is 4. The molecule has 24 heavy (non-hydrogen) atoms. The van der Waals surface area contributed by atoms with Gasteiger partial charge in [-0.2, -0.15) is 0 Å². The Morgan fingerprint density at radius 3 is 2.88 bits per heavy atom. The van der Waals surface area contributed by atoms with Crippen LogP contribution in [0.25, 0.3) is 0 Å². The quantitative estimate of drug-likeness (QED) is 0.884. The average Bonchev–Trinajstić information content (AvgIpc) is 3.07. The maximum Gasteiger partial charge on any atom is 0.255 e. The Balaban J connectivity index is 1.59. The summed E-state index contributed by atoms with van der Waals surface area (Å²) in [5.41, 5.74) is 0.651. The molecule has 1 aliphatic rings. The number of carbonyl (C=O) groups excluding carboxylic acids is 1. The molecular weight excluding hydrogens is 304 g/mol. The third kappa shape index (κ3) is 3.51. The van der Waals surface area contributed by atoms with Crippen molar-refractivity contribution in [3.63, 3.8) is 0 Å². The maximum atomic E-state index is 12.5. The molecule has 1 saturated carbocycles. The highest BCUT2D eigenvalue weighted by molar-refractivity contribution is 5.95. The van der Waals surface area contributed by atoms with Crippen LogP contribution in [0.4, 0.5) is 0 Å². The van der Waals surface area contributed by atoms with E-state index in [0.717, 1.165) is 37.0 Å². The van der Waals surface area contributed by atoms with Crippen molar-refractivity contribution in [2.75, 3.05) is 0 Å². The number of pyridine rings is 1. The molecule has 2 heterocycles. The largest absolute Gasteiger partial charge is 0.469 e. The summed E-state index contributed by atoms with van der Waals surface area (Å²) in [6.07, 6.45) is 9.45. The van der Waals surface area contributed by atoms with Crippen molar-refractivity contribution in [1.82, 2.24) is 10.3 Å². The van der Waals surface area contributed by atoms with E-state index in [0.29, 0.717) is 18.4 Å². The smallest absolute Gasteiger partial charge is 0.255 e. The number of furan rings is 1. The van der Waals surface area contributed by atoms with E-state index in [4.69, 9.17) is 4.42 Å². The molecule has 2 N–H and O–H groups in total. The normalized spacial score (nSPS) is 23.8. The lowest BCUT2D eigenvalue weighted by Crippen LogP contribution is -2.42. The highest BCUT2D eigenvalue weighted by Crippen LogP contribution is 2.36. The molecular formula is C19H24N2O3. The summed E-state index contributed by atoms with van der Waals surface area (Å²) in [6.45, 7) is 2.06. The lowest BCUT2D eigenvalue weighted by molar-refractivity contribution is -0.00832. The second-order valence-electron chi connectivity index (χ2n) is 6.53. The van der Waals surface area contributed by atoms with Crippen molar-refractivity contribution in [2.45, 2.75) is 57.1 Å². The molecule has 0 spiro atoms. The lowest BCUT2D eigenvalue weighted by Gasteiger charge is -2.36. The summed E-state index contributed by atoms with van der Waals surface area (Å²) in [7, 11) is 0. The third-order valence-electron chi connectivity index (χ3n) is 4.81. The predicted octanol–water partition coefficient (Wildman–Crippen LogP) is 3.19. The van der Waals surface area contributed by atoms with Gasteiger partial charge in [0.1, 0.15) is 5.76 Å². The van der Waals surface area contributed by atoms with Gasteiger partial charge in [0.2, 0.25) is 0 Å². The second kappa shape index (κ2) is 7.18. The van der Waals surface area contributed by atoms with Crippen LogP contribution in [0, 0.1) is 0 Å². The van der Waals surface area contributed by atoms with Crippen molar-refractivity contribution in [3.8, 4) is 0 Å². The number of aliphatic hydroxyl groups is 1. The Bertz CT molecular complexity index is 673. The van der Waals surface area contributed by atoms with E-state index in [1.807, 2.05) is 12.1 Å². The van der Waals surface area contributed by atoms with Crippen molar-refractivity contribution in [2.24, 2.45) is 0 Å². The van der Waals surface area contributed by atoms with Crippen LogP contribution in [0.1, 0.15) is 60.7 Å². The molecule has 1 amide bonds. The molecule has 128 valence electrons. The van der Waals surface area contributed by atoms with E-state index in [-0.39, 0.29) is 11.9 Å². The molecule has 0 aliphatic heterocycles. The molecule has 0 saturated heterocycles. The zero-order valence-corrected chi connectivity index (χ0v) is 14.0. The van der Waals surface area contributed by atoms with Crippen LogP contribution in [0.15, 0.2) is 41.3 Å². The number of nitrogens with one attached hydrogen (secondary N) is 1. The third-order valence-corrected chi connectivity index (χ3v) is 4.81. The van der Waals surface area contributed by atoms with E-state index >= 15 is 0 Å². The number of aryl methyl sites for hydroxylation is 1. The molecule has 1 fully saturated rings. The first-order chi connectivity index (χ1) is 11.6. The summed E-state index contributed by atoms with van der Waals surface area (Å²) < 4.78 is 5.40. The molecule has 0 bridgehead atoms. The van der Waals surface area contributed by atoms with E-state index < -0.39 is 5.60 Å². The number of rotatable bonds is 5. The summed E-state index contributed by atoms with van der Waals surface area (Å²) in [5.74, 6) is 0.668. The van der Waals surface area contributed by atoms with Gasteiger partial charge in [-0.1, -0.05) is 13.0 Å². The Kier molecular flexibility index (Phi) is 5.00. The zero-order valence-electron chi connectivity index (χ0n) is 14.0. The SMILES string of the molecule is CCCc1occc1C(=O)NC1CCC(O)(c2cccnc2)CC1. The van der Waals surface area contributed by atoms with Crippen molar-refractivity contribution in [1.29, 1.82) is 0 Å². The Hall–Kier alpha value is -2.14. The van der Waals surface area contributed by atoms with Crippen LogP contribution in [0.5, 0.6) is 0 Å². The topological polar surface area (TPSA) is 75.4 Å². The fourth-order valence-electron chi connectivity index (χ4n) is 3.39. The minimum atomic E-state index is -0.835. The Morgan fingerprint density at radius 2 is 2.21 bits per heavy atom. The first-order valence-corrected chi connectivity index (χ1v) is 8.62. The molecule has 0 aromatic carbocycles. The van der Waals surface area contributed by atoms with Crippen LogP contribution in [0.3, 0.4) is 0 Å². The van der Waals surface area contributed by atoms with Crippen LogP contribution in [-0.2, 0) is 12.0 Å². The van der Waals surface area contributed by atoms with Gasteiger partial charge in [-0.05, 0) is 44.2 Å². The highest BCUT2D eigenvalue weighted by Gasteiger charge is 2.35. The summed E-state index contributed by atoms with van der Waals surface area (Å²) in [4.78, 5) is 16.6. The minimum Gasteiger partial charge on any atom is -0.469 e. The van der Waals surface area contributed by atoms with Crippen molar-refractivity contribution in [3.05, 3.63) is 53.7 Å². The molecule has 0 radical (unpaired) electrons. The fourth-order valence-corrected chi connectivity index (χ4v) is 3.39. The highest BCUT2D eigenvalue weighted by atomic mass is 16.3. The number of aromatic nitrogens is 1. The molecule has 5 heteroatoms. The molecule has 0 unspecified atom stereocenters. The van der Waals surface area contributed by atoms with E-state index in [9.17, 15) is 9.90 Å². The Morgan fingerprint density at radius 1 is 1.42 bits per heavy atom. The molecule has 3 rings (SSSR count). The number of nitrogens with zero attached hydrogens (tertiary/aromatic N) is 1. The van der Waals surface area contributed by atoms with Gasteiger partial charge in [0.25, 0.3) is 5.91 Å². The van der Waals surface area contributed by atoms with Gasteiger partial charge in [0, 0.05) is 30.4 Å². The monoisotopic (exact) mass is 328 g/mol. The van der Waals surface area contributed by atoms with Gasteiger partial charge in [-0.15, -0.1) is 0 Å². The van der Waals surface area contributed by atoms with Gasteiger partial charge < -0.3 is 14.8 Å². The fraction of sp³-hybridized carbons (Fsp3) is 0.474. The zero-order chi connectivity index (χ0) is 17.0. The predicted molar refractivity (Wildman–Crippen MR) is 90.6 cm³/mol. The summed E-state index contributed by atoms with van der Waals surface area (Å²) in [5, 5.41) is 13.9. The van der Waals surface area contributed by atoms with Gasteiger partial charge in [-0.3, -0.25) is 9.78 Å². The van der Waals surface area contributed by atoms with Crippen molar-refractivity contribution >= 4 is 5.91 Å². The van der Waals surface area contributed by atoms with Crippen LogP contribution >= 0.6 is 0 Å². The molecule has 5 nitrogen and oxygen atoms in total. The molecule has 2 aromatic heterocycles. The number of carbonyl (C=O) groups is 1. The lowest BCUT2D eigenvalue weighted by atomic mass is 9.78. The van der Waals surface area contributed by atoms with E-state index in [1.54, 1.807) is 24.7 Å². The standard InChI is InChI=1S/C19H24N2O3/c1-2-4-17-16(8-12-24-17)18(22)21-15-6-9-19(23,10-7-15)14-5-3-11-20-13-14/h3,5,8,11-13,15,23H,2,4,6-7,9-10H2,1H3,(H,21,22). The average molecular weight is 328 g/mol. The maximum absolute atomic E-state index is 12.5. The van der Waals surface area contributed by atoms with Gasteiger partial charge in [0.05, 0.1) is 17.4 Å². The van der Waals surface area contributed by atoms with E-state index in [1.165, 1.54) is 0 Å². The van der Waals surface area contributed by atoms with Gasteiger partial charge in [0.15, 0.2) is 0 Å². The van der Waals surface area contributed by atoms with Gasteiger partial charge in [-0.25, -0.2) is 0 Å². The van der Waals surface area contributed by atoms with Crippen molar-refractivity contribution < 1.29 is 14.3 Å². The van der Waals surface area contributed by atoms with E-state index in [2.05, 4.69) is 17.2 Å². The first kappa shape index (κ1) is 16.7.